The van der Waals surface area contributed by atoms with Crippen molar-refractivity contribution in [3.05, 3.63) is 67.1 Å². The van der Waals surface area contributed by atoms with Gasteiger partial charge in [-0.25, -0.2) is 0 Å². The average molecular weight is 354 g/mol. The van der Waals surface area contributed by atoms with Crippen LogP contribution in [0.4, 0.5) is 0 Å². The van der Waals surface area contributed by atoms with Crippen LogP contribution in [-0.4, -0.2) is 33.0 Å². The van der Waals surface area contributed by atoms with Crippen molar-refractivity contribution in [2.75, 3.05) is 12.3 Å². The van der Waals surface area contributed by atoms with Crippen molar-refractivity contribution in [3.63, 3.8) is 0 Å². The molecule has 0 saturated carbocycles. The Hall–Kier alpha value is -2.80. The van der Waals surface area contributed by atoms with Gasteiger partial charge in [0.05, 0.1) is 18.6 Å². The summed E-state index contributed by atoms with van der Waals surface area (Å²) < 4.78 is 7.41. The molecular formula is C18H18N4O2S. The third-order valence-electron chi connectivity index (χ3n) is 3.42. The van der Waals surface area contributed by atoms with Gasteiger partial charge in [0.2, 0.25) is 5.91 Å². The standard InChI is InChI=1S/C18H18N4O2S/c1-2-10-19-16(23)13-25-18-21-20-17(14-7-4-3-5-8-14)22(18)12-15-9-6-11-24-15/h2-9,11H,1,10,12-13H2,(H,19,23). The molecule has 2 aromatic heterocycles. The van der Waals surface area contributed by atoms with Crippen molar-refractivity contribution >= 4 is 17.7 Å². The van der Waals surface area contributed by atoms with Crippen LogP contribution in [0.15, 0.2) is 71.0 Å². The number of furan rings is 1. The zero-order valence-corrected chi connectivity index (χ0v) is 14.4. The highest BCUT2D eigenvalue weighted by molar-refractivity contribution is 7.99. The van der Waals surface area contributed by atoms with E-state index in [2.05, 4.69) is 22.1 Å². The molecule has 1 aromatic carbocycles. The van der Waals surface area contributed by atoms with Crippen LogP contribution in [0.5, 0.6) is 0 Å². The third-order valence-corrected chi connectivity index (χ3v) is 4.39. The van der Waals surface area contributed by atoms with Crippen LogP contribution in [0.1, 0.15) is 5.76 Å². The summed E-state index contributed by atoms with van der Waals surface area (Å²) in [5.74, 6) is 1.73. The second-order valence-corrected chi connectivity index (χ2v) is 6.16. The largest absolute Gasteiger partial charge is 0.467 e. The number of carbonyl (C=O) groups is 1. The fourth-order valence-electron chi connectivity index (χ4n) is 2.26. The number of benzene rings is 1. The molecule has 128 valence electrons. The van der Waals surface area contributed by atoms with Crippen LogP contribution in [0.3, 0.4) is 0 Å². The molecule has 3 aromatic rings. The molecule has 0 saturated heterocycles. The van der Waals surface area contributed by atoms with E-state index in [0.717, 1.165) is 17.1 Å². The summed E-state index contributed by atoms with van der Waals surface area (Å²) in [6.45, 7) is 4.54. The number of rotatable bonds is 8. The lowest BCUT2D eigenvalue weighted by Gasteiger charge is -2.09. The molecule has 0 aliphatic carbocycles. The maximum absolute atomic E-state index is 11.8. The lowest BCUT2D eigenvalue weighted by Crippen LogP contribution is -2.25. The number of aromatic nitrogens is 3. The van der Waals surface area contributed by atoms with E-state index >= 15 is 0 Å². The van der Waals surface area contributed by atoms with E-state index in [-0.39, 0.29) is 11.7 Å². The Bertz CT molecular complexity index is 828. The molecule has 1 N–H and O–H groups in total. The number of thioether (sulfide) groups is 1. The molecule has 0 spiro atoms. The van der Waals surface area contributed by atoms with E-state index in [1.54, 1.807) is 12.3 Å². The van der Waals surface area contributed by atoms with Crippen molar-refractivity contribution in [2.24, 2.45) is 0 Å². The summed E-state index contributed by atoms with van der Waals surface area (Å²) in [7, 11) is 0. The molecular weight excluding hydrogens is 336 g/mol. The SMILES string of the molecule is C=CCNC(=O)CSc1nnc(-c2ccccc2)n1Cc1ccco1. The van der Waals surface area contributed by atoms with E-state index < -0.39 is 0 Å². The molecule has 7 heteroatoms. The van der Waals surface area contributed by atoms with Crippen molar-refractivity contribution in [2.45, 2.75) is 11.7 Å². The Kier molecular flexibility index (Phi) is 5.69. The minimum atomic E-state index is -0.0706. The van der Waals surface area contributed by atoms with Crippen LogP contribution >= 0.6 is 11.8 Å². The smallest absolute Gasteiger partial charge is 0.230 e. The Labute approximate surface area is 150 Å². The van der Waals surface area contributed by atoms with Crippen molar-refractivity contribution in [1.82, 2.24) is 20.1 Å². The van der Waals surface area contributed by atoms with E-state index in [4.69, 9.17) is 4.42 Å². The van der Waals surface area contributed by atoms with Crippen LogP contribution in [0, 0.1) is 0 Å². The summed E-state index contributed by atoms with van der Waals surface area (Å²) in [6.07, 6.45) is 3.28. The molecule has 0 aliphatic rings. The number of nitrogens with one attached hydrogen (secondary N) is 1. The molecule has 3 rings (SSSR count). The summed E-state index contributed by atoms with van der Waals surface area (Å²) in [6, 6.07) is 13.6. The van der Waals surface area contributed by atoms with E-state index in [0.29, 0.717) is 18.2 Å². The van der Waals surface area contributed by atoms with Gasteiger partial charge >= 0.3 is 0 Å². The number of nitrogens with zero attached hydrogens (tertiary/aromatic N) is 3. The number of amides is 1. The van der Waals surface area contributed by atoms with Gasteiger partial charge in [0.1, 0.15) is 5.76 Å². The molecule has 0 atom stereocenters. The second kappa shape index (κ2) is 8.34. The first-order chi connectivity index (χ1) is 12.3. The van der Waals surface area contributed by atoms with Gasteiger partial charge in [0.15, 0.2) is 11.0 Å². The second-order valence-electron chi connectivity index (χ2n) is 5.22. The first-order valence-corrected chi connectivity index (χ1v) is 8.78. The molecule has 0 radical (unpaired) electrons. The monoisotopic (exact) mass is 354 g/mol. The minimum absolute atomic E-state index is 0.0706. The number of carbonyl (C=O) groups excluding carboxylic acids is 1. The number of hydrogen-bond acceptors (Lipinski definition) is 5. The predicted octanol–water partition coefficient (Wildman–Crippen LogP) is 2.98. The first kappa shape index (κ1) is 17.0. The lowest BCUT2D eigenvalue weighted by molar-refractivity contribution is -0.118. The van der Waals surface area contributed by atoms with Crippen molar-refractivity contribution < 1.29 is 9.21 Å². The van der Waals surface area contributed by atoms with Gasteiger partial charge in [0, 0.05) is 12.1 Å². The van der Waals surface area contributed by atoms with Crippen LogP contribution < -0.4 is 5.32 Å². The third kappa shape index (κ3) is 4.39. The molecule has 0 unspecified atom stereocenters. The highest BCUT2D eigenvalue weighted by Crippen LogP contribution is 2.25. The maximum Gasteiger partial charge on any atom is 0.230 e. The Morgan fingerprint density at radius 3 is 2.80 bits per heavy atom. The Balaban J connectivity index is 1.83. The molecule has 0 aliphatic heterocycles. The van der Waals surface area contributed by atoms with Gasteiger partial charge in [-0.1, -0.05) is 48.2 Å². The summed E-state index contributed by atoms with van der Waals surface area (Å²) >= 11 is 1.34. The fourth-order valence-corrected chi connectivity index (χ4v) is 3.03. The van der Waals surface area contributed by atoms with Crippen molar-refractivity contribution in [3.8, 4) is 11.4 Å². The van der Waals surface area contributed by atoms with Gasteiger partial charge < -0.3 is 9.73 Å². The quantitative estimate of drug-likeness (QED) is 0.497. The Morgan fingerprint density at radius 1 is 1.24 bits per heavy atom. The molecule has 1 amide bonds. The predicted molar refractivity (Wildman–Crippen MR) is 97.2 cm³/mol. The van der Waals surface area contributed by atoms with Crippen LogP contribution in [0.2, 0.25) is 0 Å². The maximum atomic E-state index is 11.8. The zero-order chi connectivity index (χ0) is 17.5. The fraction of sp³-hybridized carbons (Fsp3) is 0.167. The molecule has 2 heterocycles. The minimum Gasteiger partial charge on any atom is -0.467 e. The summed E-state index contributed by atoms with van der Waals surface area (Å²) in [5.41, 5.74) is 0.963. The van der Waals surface area contributed by atoms with E-state index in [9.17, 15) is 4.79 Å². The van der Waals surface area contributed by atoms with Crippen molar-refractivity contribution in [1.29, 1.82) is 0 Å². The van der Waals surface area contributed by atoms with E-state index in [1.807, 2.05) is 47.0 Å². The van der Waals surface area contributed by atoms with Crippen LogP contribution in [0.25, 0.3) is 11.4 Å². The van der Waals surface area contributed by atoms with Gasteiger partial charge in [-0.3, -0.25) is 9.36 Å². The lowest BCUT2D eigenvalue weighted by atomic mass is 10.2. The summed E-state index contributed by atoms with van der Waals surface area (Å²) in [5, 5.41) is 12.0. The Morgan fingerprint density at radius 2 is 2.08 bits per heavy atom. The molecule has 25 heavy (non-hydrogen) atoms. The molecule has 0 fully saturated rings. The number of hydrogen-bond donors (Lipinski definition) is 1. The van der Waals surface area contributed by atoms with Gasteiger partial charge in [-0.15, -0.1) is 16.8 Å². The van der Waals surface area contributed by atoms with Gasteiger partial charge in [-0.05, 0) is 12.1 Å². The highest BCUT2D eigenvalue weighted by atomic mass is 32.2. The molecule has 6 nitrogen and oxygen atoms in total. The topological polar surface area (TPSA) is 73.0 Å². The highest BCUT2D eigenvalue weighted by Gasteiger charge is 2.16. The average Bonchev–Trinajstić information content (AvgIpc) is 3.29. The normalized spacial score (nSPS) is 10.6. The van der Waals surface area contributed by atoms with E-state index in [1.165, 1.54) is 11.8 Å². The van der Waals surface area contributed by atoms with Gasteiger partial charge in [0.25, 0.3) is 0 Å². The van der Waals surface area contributed by atoms with Crippen LogP contribution in [-0.2, 0) is 11.3 Å². The van der Waals surface area contributed by atoms with Gasteiger partial charge in [-0.2, -0.15) is 0 Å². The molecule has 0 bridgehead atoms. The summed E-state index contributed by atoms with van der Waals surface area (Å²) in [4.78, 5) is 11.8. The first-order valence-electron chi connectivity index (χ1n) is 7.79. The zero-order valence-electron chi connectivity index (χ0n) is 13.6.